The molecular weight excluding hydrogens is 280 g/mol. The van der Waals surface area contributed by atoms with Gasteiger partial charge in [0, 0.05) is 17.1 Å². The van der Waals surface area contributed by atoms with Crippen LogP contribution in [-0.2, 0) is 4.74 Å². The third-order valence-corrected chi connectivity index (χ3v) is 3.00. The number of alkyl carbamates (subject to hydrolysis) is 1. The molecule has 5 heteroatoms. The summed E-state index contributed by atoms with van der Waals surface area (Å²) in [5, 5.41) is 3.43. The fraction of sp³-hybridized carbons (Fsp3) is 0.353. The Kier molecular flexibility index (Phi) is 4.45. The molecule has 2 rings (SSSR count). The van der Waals surface area contributed by atoms with Crippen molar-refractivity contribution >= 4 is 22.8 Å². The van der Waals surface area contributed by atoms with Crippen LogP contribution in [0, 0.1) is 0 Å². The van der Waals surface area contributed by atoms with Crippen LogP contribution in [0.1, 0.15) is 38.1 Å². The van der Waals surface area contributed by atoms with E-state index in [0.29, 0.717) is 5.56 Å². The van der Waals surface area contributed by atoms with Crippen molar-refractivity contribution in [2.45, 2.75) is 39.3 Å². The summed E-state index contributed by atoms with van der Waals surface area (Å²) in [6.07, 6.45) is 0.917. The van der Waals surface area contributed by atoms with E-state index >= 15 is 0 Å². The van der Waals surface area contributed by atoms with Crippen LogP contribution in [-0.4, -0.2) is 28.5 Å². The molecule has 1 N–H and O–H groups in total. The number of Topliss-reactive ketones (excluding diaryl/α,β-unsaturated/α-hetero) is 1. The number of aromatic nitrogens is 1. The van der Waals surface area contributed by atoms with Gasteiger partial charge >= 0.3 is 6.09 Å². The van der Waals surface area contributed by atoms with Crippen molar-refractivity contribution in [3.8, 4) is 0 Å². The minimum Gasteiger partial charge on any atom is -0.444 e. The average Bonchev–Trinajstić information content (AvgIpc) is 2.43. The molecular formula is C17H20N2O3. The van der Waals surface area contributed by atoms with Gasteiger partial charge in [-0.25, -0.2) is 4.79 Å². The van der Waals surface area contributed by atoms with Gasteiger partial charge in [0.2, 0.25) is 0 Å². The molecule has 22 heavy (non-hydrogen) atoms. The van der Waals surface area contributed by atoms with Crippen molar-refractivity contribution in [1.82, 2.24) is 10.3 Å². The Morgan fingerprint density at radius 2 is 1.91 bits per heavy atom. The number of amides is 1. The van der Waals surface area contributed by atoms with E-state index in [9.17, 15) is 9.59 Å². The van der Waals surface area contributed by atoms with Crippen molar-refractivity contribution in [3.05, 3.63) is 42.1 Å². The maximum absolute atomic E-state index is 12.4. The number of hydrogen-bond donors (Lipinski definition) is 1. The Morgan fingerprint density at radius 1 is 1.23 bits per heavy atom. The van der Waals surface area contributed by atoms with Gasteiger partial charge in [0.15, 0.2) is 5.78 Å². The van der Waals surface area contributed by atoms with Crippen molar-refractivity contribution in [3.63, 3.8) is 0 Å². The molecule has 0 saturated heterocycles. The molecule has 116 valence electrons. The van der Waals surface area contributed by atoms with Gasteiger partial charge in [-0.2, -0.15) is 0 Å². The average molecular weight is 300 g/mol. The summed E-state index contributed by atoms with van der Waals surface area (Å²) < 4.78 is 5.15. The standard InChI is InChI=1S/C17H20N2O3/c1-11(19-16(21)22-17(2,3)4)15(20)13-9-12-7-5-6-8-14(12)18-10-13/h5-11H,1-4H3,(H,19,21). The number of rotatable bonds is 3. The molecule has 0 aliphatic rings. The SMILES string of the molecule is CC(NC(=O)OC(C)(C)C)C(=O)c1cnc2ccccc2c1. The normalized spacial score (nSPS) is 12.7. The lowest BCUT2D eigenvalue weighted by Gasteiger charge is -2.21. The first-order valence-electron chi connectivity index (χ1n) is 7.15. The van der Waals surface area contributed by atoms with Crippen LogP contribution in [0.15, 0.2) is 36.5 Å². The molecule has 0 aliphatic heterocycles. The predicted octanol–water partition coefficient (Wildman–Crippen LogP) is 3.33. The molecule has 1 aromatic carbocycles. The number of carbonyl (C=O) groups is 2. The molecule has 0 aliphatic carbocycles. The van der Waals surface area contributed by atoms with E-state index in [4.69, 9.17) is 4.74 Å². The van der Waals surface area contributed by atoms with Gasteiger partial charge in [-0.1, -0.05) is 18.2 Å². The fourth-order valence-electron chi connectivity index (χ4n) is 2.01. The largest absolute Gasteiger partial charge is 0.444 e. The van der Waals surface area contributed by atoms with Gasteiger partial charge in [-0.15, -0.1) is 0 Å². The first-order chi connectivity index (χ1) is 10.3. The fourth-order valence-corrected chi connectivity index (χ4v) is 2.01. The highest BCUT2D eigenvalue weighted by atomic mass is 16.6. The van der Waals surface area contributed by atoms with E-state index in [0.717, 1.165) is 10.9 Å². The highest BCUT2D eigenvalue weighted by Crippen LogP contribution is 2.14. The summed E-state index contributed by atoms with van der Waals surface area (Å²) in [7, 11) is 0. The zero-order valence-electron chi connectivity index (χ0n) is 13.2. The Morgan fingerprint density at radius 3 is 2.59 bits per heavy atom. The van der Waals surface area contributed by atoms with Crippen molar-refractivity contribution in [2.24, 2.45) is 0 Å². The quantitative estimate of drug-likeness (QED) is 0.883. The molecule has 1 amide bonds. The second-order valence-electron chi connectivity index (χ2n) is 6.15. The van der Waals surface area contributed by atoms with Gasteiger partial charge in [0.05, 0.1) is 11.6 Å². The second kappa shape index (κ2) is 6.13. The lowest BCUT2D eigenvalue weighted by atomic mass is 10.1. The maximum Gasteiger partial charge on any atom is 0.408 e. The molecule has 0 spiro atoms. The van der Waals surface area contributed by atoms with E-state index in [1.807, 2.05) is 24.3 Å². The Labute approximate surface area is 129 Å². The Balaban J connectivity index is 2.10. The lowest BCUT2D eigenvalue weighted by molar-refractivity contribution is 0.0496. The van der Waals surface area contributed by atoms with Crippen LogP contribution >= 0.6 is 0 Å². The number of pyridine rings is 1. The minimum absolute atomic E-state index is 0.205. The number of para-hydroxylation sites is 1. The number of benzene rings is 1. The first kappa shape index (κ1) is 15.9. The molecule has 0 saturated carbocycles. The number of nitrogens with one attached hydrogen (secondary N) is 1. The van der Waals surface area contributed by atoms with Gasteiger partial charge in [-0.05, 0) is 39.8 Å². The second-order valence-corrected chi connectivity index (χ2v) is 6.15. The summed E-state index contributed by atoms with van der Waals surface area (Å²) in [5.41, 5.74) is 0.686. The van der Waals surface area contributed by atoms with Crippen molar-refractivity contribution in [2.75, 3.05) is 0 Å². The lowest BCUT2D eigenvalue weighted by Crippen LogP contribution is -2.41. The molecule has 0 bridgehead atoms. The zero-order valence-corrected chi connectivity index (χ0v) is 13.2. The van der Waals surface area contributed by atoms with Crippen LogP contribution in [0.5, 0.6) is 0 Å². The summed E-state index contributed by atoms with van der Waals surface area (Å²) in [6, 6.07) is 8.65. The predicted molar refractivity (Wildman–Crippen MR) is 84.9 cm³/mol. The zero-order chi connectivity index (χ0) is 16.3. The molecule has 0 fully saturated rings. The summed E-state index contributed by atoms with van der Waals surface area (Å²) in [5.74, 6) is -0.205. The van der Waals surface area contributed by atoms with Crippen molar-refractivity contribution < 1.29 is 14.3 Å². The summed E-state index contributed by atoms with van der Waals surface area (Å²) in [4.78, 5) is 28.4. The number of ketones is 1. The summed E-state index contributed by atoms with van der Waals surface area (Å²) in [6.45, 7) is 6.94. The molecule has 1 aromatic heterocycles. The van der Waals surface area contributed by atoms with Crippen LogP contribution < -0.4 is 5.32 Å². The third-order valence-electron chi connectivity index (χ3n) is 3.00. The maximum atomic E-state index is 12.4. The van der Waals surface area contributed by atoms with E-state index in [1.54, 1.807) is 33.8 Å². The van der Waals surface area contributed by atoms with Crippen LogP contribution in [0.3, 0.4) is 0 Å². The van der Waals surface area contributed by atoms with E-state index in [-0.39, 0.29) is 5.78 Å². The minimum atomic E-state index is -0.683. The van der Waals surface area contributed by atoms with E-state index in [2.05, 4.69) is 10.3 Å². The topological polar surface area (TPSA) is 68.3 Å². The van der Waals surface area contributed by atoms with Gasteiger partial charge < -0.3 is 10.1 Å². The third kappa shape index (κ3) is 4.04. The smallest absolute Gasteiger partial charge is 0.408 e. The molecule has 1 unspecified atom stereocenters. The number of nitrogens with zero attached hydrogens (tertiary/aromatic N) is 1. The highest BCUT2D eigenvalue weighted by Gasteiger charge is 2.22. The van der Waals surface area contributed by atoms with Crippen LogP contribution in [0.2, 0.25) is 0 Å². The number of fused-ring (bicyclic) bond motifs is 1. The van der Waals surface area contributed by atoms with Crippen LogP contribution in [0.25, 0.3) is 10.9 Å². The van der Waals surface area contributed by atoms with Gasteiger partial charge in [0.25, 0.3) is 0 Å². The van der Waals surface area contributed by atoms with Gasteiger partial charge in [-0.3, -0.25) is 9.78 Å². The summed E-state index contributed by atoms with van der Waals surface area (Å²) >= 11 is 0. The van der Waals surface area contributed by atoms with Crippen LogP contribution in [0.4, 0.5) is 4.79 Å². The number of carbonyl (C=O) groups excluding carboxylic acids is 2. The van der Waals surface area contributed by atoms with Crippen molar-refractivity contribution in [1.29, 1.82) is 0 Å². The van der Waals surface area contributed by atoms with E-state index in [1.165, 1.54) is 6.20 Å². The molecule has 2 aromatic rings. The first-order valence-corrected chi connectivity index (χ1v) is 7.15. The Bertz CT molecular complexity index is 704. The molecule has 5 nitrogen and oxygen atoms in total. The number of ether oxygens (including phenoxy) is 1. The number of hydrogen-bond acceptors (Lipinski definition) is 4. The van der Waals surface area contributed by atoms with E-state index < -0.39 is 17.7 Å². The monoisotopic (exact) mass is 300 g/mol. The molecule has 0 radical (unpaired) electrons. The molecule has 1 atom stereocenters. The Hall–Kier alpha value is -2.43. The highest BCUT2D eigenvalue weighted by molar-refractivity contribution is 6.03. The van der Waals surface area contributed by atoms with Gasteiger partial charge in [0.1, 0.15) is 5.60 Å². The molecule has 1 heterocycles.